The molecule has 3 rings (SSSR count). The summed E-state index contributed by atoms with van der Waals surface area (Å²) in [7, 11) is 0. The number of benzene rings is 1. The molecule has 15 heteroatoms. The smallest absolute Gasteiger partial charge is 0.314 e. The lowest BCUT2D eigenvalue weighted by molar-refractivity contribution is -0.384. The quantitative estimate of drug-likeness (QED) is 0.0816. The van der Waals surface area contributed by atoms with Crippen molar-refractivity contribution in [3.05, 3.63) is 39.9 Å². The molecule has 0 aromatic heterocycles. The van der Waals surface area contributed by atoms with Gasteiger partial charge in [-0.05, 0) is 115 Å². The Balaban J connectivity index is 2.47. The third kappa shape index (κ3) is 12.0. The van der Waals surface area contributed by atoms with Crippen molar-refractivity contribution in [3.8, 4) is 0 Å². The van der Waals surface area contributed by atoms with Crippen molar-refractivity contribution in [1.82, 2.24) is 4.90 Å². The fourth-order valence-corrected chi connectivity index (χ4v) is 7.14. The molecule has 0 amide bonds. The fraction of sp³-hybridized carbons (Fsp3) is 0.750. The van der Waals surface area contributed by atoms with Gasteiger partial charge in [0, 0.05) is 12.1 Å². The zero-order chi connectivity index (χ0) is 44.9. The van der Waals surface area contributed by atoms with E-state index in [1.807, 2.05) is 11.8 Å². The normalized spacial score (nSPS) is 23.1. The number of likely N-dealkylation sites (N-methyl/N-ethyl adjacent to an activating group) is 1. The summed E-state index contributed by atoms with van der Waals surface area (Å²) in [4.78, 5) is 82.7. The van der Waals surface area contributed by atoms with Crippen LogP contribution in [0, 0.1) is 37.2 Å². The lowest BCUT2D eigenvalue weighted by Crippen LogP contribution is -2.68. The van der Waals surface area contributed by atoms with Gasteiger partial charge in [0.05, 0.1) is 44.6 Å². The zero-order valence-electron chi connectivity index (χ0n) is 37.6. The summed E-state index contributed by atoms with van der Waals surface area (Å²) in [5.41, 5.74) is -5.00. The first-order valence-electron chi connectivity index (χ1n) is 20.7. The number of carbonyl (C=O) groups excluding carboxylic acids is 5. The maximum atomic E-state index is 14.5. The second-order valence-corrected chi connectivity index (χ2v) is 19.8. The third-order valence-corrected chi connectivity index (χ3v) is 10.6. The molecule has 0 radical (unpaired) electrons. The number of rotatable bonds is 13. The van der Waals surface area contributed by atoms with Gasteiger partial charge in [-0.1, -0.05) is 38.3 Å². The molecule has 1 aliphatic carbocycles. The van der Waals surface area contributed by atoms with E-state index in [9.17, 15) is 34.1 Å². The fourth-order valence-electron chi connectivity index (χ4n) is 7.14. The first kappa shape index (κ1) is 49.3. The molecule has 2 aliphatic rings. The molecule has 1 aromatic rings. The van der Waals surface area contributed by atoms with Crippen molar-refractivity contribution in [1.29, 1.82) is 0 Å². The van der Waals surface area contributed by atoms with Gasteiger partial charge < -0.3 is 28.4 Å². The zero-order valence-corrected chi connectivity index (χ0v) is 37.6. The summed E-state index contributed by atoms with van der Waals surface area (Å²) in [6.07, 6.45) is -4.12. The Kier molecular flexibility index (Phi) is 15.9. The first-order valence-corrected chi connectivity index (χ1v) is 20.7. The molecule has 0 bridgehead atoms. The summed E-state index contributed by atoms with van der Waals surface area (Å²) in [5.74, 6) is -3.12. The van der Waals surface area contributed by atoms with E-state index in [-0.39, 0.29) is 18.8 Å². The van der Waals surface area contributed by atoms with Crippen LogP contribution in [0.1, 0.15) is 141 Å². The maximum Gasteiger partial charge on any atom is 0.314 e. The number of hydrogen-bond acceptors (Lipinski definition) is 14. The van der Waals surface area contributed by atoms with Gasteiger partial charge in [-0.25, -0.2) is 0 Å². The molecule has 332 valence electrons. The second-order valence-electron chi connectivity index (χ2n) is 19.8. The predicted octanol–water partition coefficient (Wildman–Crippen LogP) is 7.66. The Labute approximate surface area is 349 Å². The van der Waals surface area contributed by atoms with Crippen molar-refractivity contribution in [2.75, 3.05) is 19.8 Å². The molecule has 1 saturated carbocycles. The van der Waals surface area contributed by atoms with Gasteiger partial charge in [0.15, 0.2) is 24.5 Å². The van der Waals surface area contributed by atoms with Crippen LogP contribution in [0.25, 0.3) is 0 Å². The minimum absolute atomic E-state index is 0.0955. The Hall–Kier alpha value is -4.11. The minimum atomic E-state index is -1.52. The van der Waals surface area contributed by atoms with Crippen LogP contribution < -0.4 is 0 Å². The van der Waals surface area contributed by atoms with E-state index in [0.717, 1.165) is 6.42 Å². The van der Waals surface area contributed by atoms with Gasteiger partial charge in [0.2, 0.25) is 0 Å². The van der Waals surface area contributed by atoms with E-state index in [2.05, 4.69) is 0 Å². The van der Waals surface area contributed by atoms with Crippen molar-refractivity contribution >= 4 is 35.5 Å². The Morgan fingerprint density at radius 3 is 1.59 bits per heavy atom. The first-order chi connectivity index (χ1) is 27.1. The highest BCUT2D eigenvalue weighted by Gasteiger charge is 2.59. The molecular formula is C44H68N2O13. The van der Waals surface area contributed by atoms with Crippen LogP contribution in [-0.2, 0) is 52.4 Å². The SMILES string of the molecule is CCOC(=O)C1(C(c2ccc([N+](=O)[O-])cc2)N(CC)C2OC(COC(=O)C(C)(C)C)C(OC(=O)C(C)(C)C)C(OC(=O)C(C)(C)C)C2OC(=O)C(C)(C)C)CCCCC1. The number of non-ortho nitro benzene ring substituents is 1. The molecule has 1 aliphatic heterocycles. The lowest BCUT2D eigenvalue weighted by Gasteiger charge is -2.53. The number of nitrogens with zero attached hydrogens (tertiary/aromatic N) is 2. The molecular weight excluding hydrogens is 764 g/mol. The van der Waals surface area contributed by atoms with Gasteiger partial charge in [-0.3, -0.25) is 39.0 Å². The van der Waals surface area contributed by atoms with E-state index in [4.69, 9.17) is 28.4 Å². The molecule has 0 spiro atoms. The number of nitro benzene ring substituents is 1. The Morgan fingerprint density at radius 2 is 1.17 bits per heavy atom. The molecule has 2 fully saturated rings. The maximum absolute atomic E-state index is 14.5. The molecule has 6 atom stereocenters. The summed E-state index contributed by atoms with van der Waals surface area (Å²) in [5, 5.41) is 11.8. The van der Waals surface area contributed by atoms with Gasteiger partial charge in [-0.15, -0.1) is 0 Å². The Bertz CT molecular complexity index is 1660. The standard InChI is InChI=1S/C44H68N2O13/c1-15-45(33(27-20-22-28(23-21-27)46(52)53)44(39(51)54-16-2)24-18-17-19-25-44)34-32(59-38(50)43(12,13)14)31(58-37(49)42(9,10)11)30(57-36(48)41(6,7)8)29(56-34)26-55-35(47)40(3,4)5/h20-23,29-34H,15-19,24-26H2,1-14H3. The van der Waals surface area contributed by atoms with Crippen molar-refractivity contribution in [2.45, 2.75) is 166 Å². The topological polar surface area (TPSA) is 187 Å². The largest absolute Gasteiger partial charge is 0.466 e. The minimum Gasteiger partial charge on any atom is -0.466 e. The van der Waals surface area contributed by atoms with Crippen molar-refractivity contribution in [2.24, 2.45) is 27.1 Å². The Morgan fingerprint density at radius 1 is 0.712 bits per heavy atom. The van der Waals surface area contributed by atoms with Crippen LogP contribution in [0.3, 0.4) is 0 Å². The van der Waals surface area contributed by atoms with E-state index in [1.54, 1.807) is 102 Å². The molecule has 1 heterocycles. The summed E-state index contributed by atoms with van der Waals surface area (Å²) in [6, 6.07) is 5.00. The lowest BCUT2D eigenvalue weighted by atomic mass is 9.66. The van der Waals surface area contributed by atoms with E-state index >= 15 is 0 Å². The summed E-state index contributed by atoms with van der Waals surface area (Å²) >= 11 is 0. The van der Waals surface area contributed by atoms with E-state index in [0.29, 0.717) is 31.2 Å². The van der Waals surface area contributed by atoms with Gasteiger partial charge in [0.1, 0.15) is 12.7 Å². The van der Waals surface area contributed by atoms with Crippen LogP contribution >= 0.6 is 0 Å². The van der Waals surface area contributed by atoms with Gasteiger partial charge in [0.25, 0.3) is 5.69 Å². The second kappa shape index (κ2) is 19.1. The van der Waals surface area contributed by atoms with Gasteiger partial charge >= 0.3 is 29.8 Å². The highest BCUT2D eigenvalue weighted by atomic mass is 16.7. The van der Waals surface area contributed by atoms with Gasteiger partial charge in [-0.2, -0.15) is 0 Å². The average Bonchev–Trinajstić information content (AvgIpc) is 3.13. The molecule has 0 N–H and O–H groups in total. The van der Waals surface area contributed by atoms with Crippen molar-refractivity contribution in [3.63, 3.8) is 0 Å². The molecule has 15 nitrogen and oxygen atoms in total. The third-order valence-electron chi connectivity index (χ3n) is 10.6. The molecule has 1 saturated heterocycles. The molecule has 1 aromatic carbocycles. The molecule has 6 unspecified atom stereocenters. The van der Waals surface area contributed by atoms with E-state index < -0.39 is 105 Å². The number of nitro groups is 1. The predicted molar refractivity (Wildman–Crippen MR) is 217 cm³/mol. The van der Waals surface area contributed by atoms with Crippen molar-refractivity contribution < 1.29 is 57.3 Å². The van der Waals surface area contributed by atoms with Crippen LogP contribution in [0.2, 0.25) is 0 Å². The summed E-state index contributed by atoms with van der Waals surface area (Å²) in [6.45, 7) is 23.2. The van der Waals surface area contributed by atoms with Crippen LogP contribution in [0.4, 0.5) is 5.69 Å². The summed E-state index contributed by atoms with van der Waals surface area (Å²) < 4.78 is 37.4. The van der Waals surface area contributed by atoms with Crippen LogP contribution in [0.15, 0.2) is 24.3 Å². The van der Waals surface area contributed by atoms with E-state index in [1.165, 1.54) is 12.1 Å². The number of carbonyl (C=O) groups is 5. The van der Waals surface area contributed by atoms with Crippen LogP contribution in [-0.4, -0.2) is 90.1 Å². The van der Waals surface area contributed by atoms with Crippen LogP contribution in [0.5, 0.6) is 0 Å². The monoisotopic (exact) mass is 832 g/mol. The highest BCUT2D eigenvalue weighted by Crippen LogP contribution is 2.52. The number of ether oxygens (including phenoxy) is 6. The average molecular weight is 833 g/mol. The molecule has 59 heavy (non-hydrogen) atoms. The highest BCUT2D eigenvalue weighted by molar-refractivity contribution is 5.79. The number of hydrogen-bond donors (Lipinski definition) is 0. The number of esters is 5.